The number of hydrazine groups is 1. The summed E-state index contributed by atoms with van der Waals surface area (Å²) in [6, 6.07) is 3.26. The van der Waals surface area contributed by atoms with Crippen molar-refractivity contribution in [1.82, 2.24) is 4.98 Å². The summed E-state index contributed by atoms with van der Waals surface area (Å²) in [4.78, 5) is 3.82. The molecule has 0 radical (unpaired) electrons. The van der Waals surface area contributed by atoms with Crippen LogP contribution in [-0.4, -0.2) is 12.0 Å². The molecule has 60 valence electrons. The van der Waals surface area contributed by atoms with Crippen LogP contribution < -0.4 is 16.3 Å². The predicted molar refractivity (Wildman–Crippen MR) is 43.8 cm³/mol. The highest BCUT2D eigenvalue weighted by Gasteiger charge is 1.91. The number of nitrogen functional groups attached to an aromatic ring is 1. The summed E-state index contributed by atoms with van der Waals surface area (Å²) in [5.41, 5.74) is 3.09. The lowest BCUT2D eigenvalue weighted by atomic mass is 10.4. The average molecular weight is 153 g/mol. The summed E-state index contributed by atoms with van der Waals surface area (Å²) < 4.78 is 0. The molecule has 3 N–H and O–H groups in total. The van der Waals surface area contributed by atoms with Crippen molar-refractivity contribution >= 4 is 11.5 Å². The smallest absolute Gasteiger partial charge is 0.117 e. The number of nitrogens with zero attached hydrogens (tertiary/aromatic N) is 2. The fraction of sp³-hybridized carbons (Fsp3) is 0.167. The van der Waals surface area contributed by atoms with Crippen LogP contribution in [0, 0.1) is 5.21 Å². The molecule has 0 aliphatic carbocycles. The Hall–Kier alpha value is -1.33. The van der Waals surface area contributed by atoms with E-state index in [0.29, 0.717) is 16.6 Å². The van der Waals surface area contributed by atoms with Gasteiger partial charge in [-0.25, -0.2) is 4.98 Å². The van der Waals surface area contributed by atoms with Gasteiger partial charge in [-0.2, -0.15) is 0 Å². The predicted octanol–water partition coefficient (Wildman–Crippen LogP) is 0.301. The zero-order valence-corrected chi connectivity index (χ0v) is 6.11. The molecule has 0 atom stereocenters. The molecule has 0 bridgehead atoms. The summed E-state index contributed by atoms with van der Waals surface area (Å²) in [5.74, 6) is 5.46. The fourth-order valence-corrected chi connectivity index (χ4v) is 0.658. The van der Waals surface area contributed by atoms with Gasteiger partial charge in [-0.15, -0.1) is 0 Å². The van der Waals surface area contributed by atoms with E-state index in [1.165, 1.54) is 13.2 Å². The molecule has 1 heterocycles. The summed E-state index contributed by atoms with van der Waals surface area (Å²) in [6.07, 6.45) is 1.49. The van der Waals surface area contributed by atoms with Crippen LogP contribution in [0.25, 0.3) is 0 Å². The van der Waals surface area contributed by atoms with Gasteiger partial charge >= 0.3 is 0 Å². The van der Waals surface area contributed by atoms with Gasteiger partial charge in [0.25, 0.3) is 0 Å². The maximum atomic E-state index is 10.6. The van der Waals surface area contributed by atoms with Crippen LogP contribution in [0.3, 0.4) is 0 Å². The number of pyridine rings is 1. The van der Waals surface area contributed by atoms with E-state index in [4.69, 9.17) is 5.84 Å². The van der Waals surface area contributed by atoms with Crippen LogP contribution >= 0.6 is 0 Å². The molecule has 5 nitrogen and oxygen atoms in total. The lowest BCUT2D eigenvalue weighted by molar-refractivity contribution is 1.13. The maximum absolute atomic E-state index is 10.6. The van der Waals surface area contributed by atoms with Crippen LogP contribution in [0.1, 0.15) is 0 Å². The van der Waals surface area contributed by atoms with Gasteiger partial charge in [-0.05, 0) is 19.2 Å². The highest BCUT2D eigenvalue weighted by molar-refractivity contribution is 5.47. The minimum absolute atomic E-state index is 0.365. The molecule has 5 heteroatoms. The summed E-state index contributed by atoms with van der Waals surface area (Å²) in [5, 5.41) is 11.3. The normalized spacial score (nSPS) is 9.36. The highest BCUT2D eigenvalue weighted by Crippen LogP contribution is 2.10. The number of anilines is 2. The number of nitrogens with one attached hydrogen (secondary N) is 1. The molecule has 0 aliphatic rings. The molecular weight excluding hydrogens is 144 g/mol. The monoisotopic (exact) mass is 153 g/mol. The standard InChI is InChI=1S/C6H9N4O/c1-10(11)6-3-2-5(9-7)4-8-6/h2-4,9H,7H2,1H3/q-1. The number of aromatic nitrogens is 1. The van der Waals surface area contributed by atoms with E-state index in [-0.39, 0.29) is 0 Å². The number of nitrogens with two attached hydrogens (primary N) is 1. The van der Waals surface area contributed by atoms with Crippen molar-refractivity contribution in [3.05, 3.63) is 23.5 Å². The number of hydroxylamine groups is 1. The lowest BCUT2D eigenvalue weighted by Crippen LogP contribution is -2.10. The van der Waals surface area contributed by atoms with E-state index < -0.39 is 0 Å². The van der Waals surface area contributed by atoms with Crippen LogP contribution in [0.5, 0.6) is 0 Å². The van der Waals surface area contributed by atoms with Gasteiger partial charge in [0.15, 0.2) is 0 Å². The van der Waals surface area contributed by atoms with Crippen molar-refractivity contribution in [2.75, 3.05) is 17.5 Å². The molecular formula is C6H9N4O-. The summed E-state index contributed by atoms with van der Waals surface area (Å²) >= 11 is 0. The second kappa shape index (κ2) is 3.18. The Morgan fingerprint density at radius 3 is 2.73 bits per heavy atom. The van der Waals surface area contributed by atoms with E-state index in [9.17, 15) is 5.21 Å². The Morgan fingerprint density at radius 1 is 1.64 bits per heavy atom. The lowest BCUT2D eigenvalue weighted by Gasteiger charge is -2.22. The molecule has 1 rings (SSSR count). The third-order valence-electron chi connectivity index (χ3n) is 1.24. The highest BCUT2D eigenvalue weighted by atomic mass is 16.5. The van der Waals surface area contributed by atoms with E-state index in [1.54, 1.807) is 12.1 Å². The van der Waals surface area contributed by atoms with Crippen molar-refractivity contribution in [1.29, 1.82) is 0 Å². The molecule has 11 heavy (non-hydrogen) atoms. The Morgan fingerprint density at radius 2 is 2.36 bits per heavy atom. The van der Waals surface area contributed by atoms with Crippen molar-refractivity contribution in [2.45, 2.75) is 0 Å². The van der Waals surface area contributed by atoms with Crippen molar-refractivity contribution in [3.63, 3.8) is 0 Å². The first-order chi connectivity index (χ1) is 5.24. The third kappa shape index (κ3) is 1.79. The van der Waals surface area contributed by atoms with E-state index in [2.05, 4.69) is 10.4 Å². The quantitative estimate of drug-likeness (QED) is 0.472. The van der Waals surface area contributed by atoms with Gasteiger partial charge < -0.3 is 15.7 Å². The second-order valence-electron chi connectivity index (χ2n) is 2.05. The molecule has 0 aromatic carbocycles. The van der Waals surface area contributed by atoms with Crippen LogP contribution in [0.2, 0.25) is 0 Å². The average Bonchev–Trinajstić information content (AvgIpc) is 2.05. The Bertz CT molecular complexity index is 221. The Labute approximate surface area is 64.4 Å². The molecule has 0 saturated carbocycles. The van der Waals surface area contributed by atoms with Gasteiger partial charge in [-0.3, -0.25) is 5.84 Å². The zero-order valence-electron chi connectivity index (χ0n) is 6.11. The van der Waals surface area contributed by atoms with Crippen LogP contribution in [-0.2, 0) is 0 Å². The van der Waals surface area contributed by atoms with Crippen LogP contribution in [0.4, 0.5) is 11.5 Å². The fourth-order valence-electron chi connectivity index (χ4n) is 0.658. The van der Waals surface area contributed by atoms with Crippen molar-refractivity contribution < 1.29 is 0 Å². The molecule has 1 aromatic heterocycles. The molecule has 0 unspecified atom stereocenters. The molecule has 0 fully saturated rings. The minimum Gasteiger partial charge on any atom is -0.757 e. The molecule has 0 aliphatic heterocycles. The van der Waals surface area contributed by atoms with Crippen LogP contribution in [0.15, 0.2) is 18.3 Å². The maximum Gasteiger partial charge on any atom is 0.117 e. The SMILES string of the molecule is CN([O-])c1ccc(NN)cn1. The topological polar surface area (TPSA) is 77.2 Å². The second-order valence-corrected chi connectivity index (χ2v) is 2.05. The van der Waals surface area contributed by atoms with Crippen molar-refractivity contribution in [3.8, 4) is 0 Å². The van der Waals surface area contributed by atoms with E-state index >= 15 is 0 Å². The molecule has 1 aromatic rings. The number of rotatable bonds is 2. The summed E-state index contributed by atoms with van der Waals surface area (Å²) in [7, 11) is 1.39. The van der Waals surface area contributed by atoms with Gasteiger partial charge in [0.2, 0.25) is 0 Å². The van der Waals surface area contributed by atoms with Gasteiger partial charge in [0, 0.05) is 0 Å². The van der Waals surface area contributed by atoms with Gasteiger partial charge in [0.05, 0.1) is 11.9 Å². The van der Waals surface area contributed by atoms with Gasteiger partial charge in [0.1, 0.15) is 5.82 Å². The first-order valence-electron chi connectivity index (χ1n) is 3.07. The minimum atomic E-state index is 0.365. The molecule has 0 amide bonds. The van der Waals surface area contributed by atoms with Crippen molar-refractivity contribution in [2.24, 2.45) is 5.84 Å². The number of hydrogen-bond acceptors (Lipinski definition) is 5. The summed E-state index contributed by atoms with van der Waals surface area (Å²) in [6.45, 7) is 0. The largest absolute Gasteiger partial charge is 0.757 e. The molecule has 0 spiro atoms. The third-order valence-corrected chi connectivity index (χ3v) is 1.24. The van der Waals surface area contributed by atoms with Gasteiger partial charge in [-0.1, -0.05) is 0 Å². The first kappa shape index (κ1) is 7.77. The Balaban J connectivity index is 2.83. The number of hydrogen-bond donors (Lipinski definition) is 2. The zero-order chi connectivity index (χ0) is 8.27. The van der Waals surface area contributed by atoms with E-state index in [1.807, 2.05) is 0 Å². The molecule has 0 saturated heterocycles. The Kier molecular flexibility index (Phi) is 2.25. The first-order valence-corrected chi connectivity index (χ1v) is 3.07. The van der Waals surface area contributed by atoms with E-state index in [0.717, 1.165) is 0 Å².